The number of hydrogen-bond acceptors (Lipinski definition) is 3. The first-order chi connectivity index (χ1) is 9.55. The average Bonchev–Trinajstić information content (AvgIpc) is 3.09. The predicted molar refractivity (Wildman–Crippen MR) is 74.2 cm³/mol. The Morgan fingerprint density at radius 3 is 2.45 bits per heavy atom. The fourth-order valence-electron chi connectivity index (χ4n) is 4.21. The number of carbonyl (C=O) groups excluding carboxylic acids is 1. The summed E-state index contributed by atoms with van der Waals surface area (Å²) in [7, 11) is 0. The van der Waals surface area contributed by atoms with E-state index in [0.717, 1.165) is 12.8 Å². The molecule has 0 aliphatic carbocycles. The Morgan fingerprint density at radius 2 is 2.00 bits per heavy atom. The Labute approximate surface area is 119 Å². The van der Waals surface area contributed by atoms with E-state index in [1.54, 1.807) is 0 Å². The molecular formula is C15H24N2O3. The number of piperidine rings is 1. The maximum atomic E-state index is 12.6. The number of aliphatic carboxylic acids is 1. The largest absolute Gasteiger partial charge is 0.481 e. The van der Waals surface area contributed by atoms with E-state index < -0.39 is 11.4 Å². The van der Waals surface area contributed by atoms with E-state index in [1.807, 2.05) is 11.8 Å². The highest BCUT2D eigenvalue weighted by Gasteiger charge is 2.46. The van der Waals surface area contributed by atoms with Crippen molar-refractivity contribution in [2.24, 2.45) is 11.3 Å². The fraction of sp³-hybridized carbons (Fsp3) is 0.867. The van der Waals surface area contributed by atoms with E-state index in [0.29, 0.717) is 44.4 Å². The summed E-state index contributed by atoms with van der Waals surface area (Å²) < 4.78 is 0. The lowest BCUT2D eigenvalue weighted by Gasteiger charge is -2.39. The molecule has 5 heteroatoms. The van der Waals surface area contributed by atoms with Crippen molar-refractivity contribution in [2.45, 2.75) is 57.5 Å². The second kappa shape index (κ2) is 5.02. The molecule has 3 rings (SSSR count). The highest BCUT2D eigenvalue weighted by atomic mass is 16.4. The number of nitrogens with zero attached hydrogens (tertiary/aromatic N) is 1. The number of rotatable bonds is 3. The van der Waals surface area contributed by atoms with Gasteiger partial charge in [0.15, 0.2) is 0 Å². The average molecular weight is 280 g/mol. The number of likely N-dealkylation sites (tertiary alicyclic amines) is 1. The molecule has 112 valence electrons. The van der Waals surface area contributed by atoms with Gasteiger partial charge in [0.1, 0.15) is 0 Å². The van der Waals surface area contributed by atoms with Gasteiger partial charge in [-0.1, -0.05) is 6.92 Å². The van der Waals surface area contributed by atoms with Crippen LogP contribution < -0.4 is 5.32 Å². The number of carboxylic acid groups (broad SMARTS) is 1. The summed E-state index contributed by atoms with van der Waals surface area (Å²) in [4.78, 5) is 25.9. The predicted octanol–water partition coefficient (Wildman–Crippen LogP) is 1.23. The monoisotopic (exact) mass is 280 g/mol. The van der Waals surface area contributed by atoms with E-state index in [9.17, 15) is 14.7 Å². The third-order valence-corrected chi connectivity index (χ3v) is 5.78. The SMILES string of the molecule is CCC1(C(=O)O)CCN(C(=O)C2CC3CCC2N3)CC1. The van der Waals surface area contributed by atoms with E-state index >= 15 is 0 Å². The van der Waals surface area contributed by atoms with Gasteiger partial charge in [0.2, 0.25) is 5.91 Å². The summed E-state index contributed by atoms with van der Waals surface area (Å²) >= 11 is 0. The molecule has 0 aromatic heterocycles. The van der Waals surface area contributed by atoms with Gasteiger partial charge in [0, 0.05) is 25.2 Å². The number of nitrogens with one attached hydrogen (secondary N) is 1. The molecule has 2 N–H and O–H groups in total. The standard InChI is InChI=1S/C15H24N2O3/c1-2-15(14(19)20)5-7-17(8-6-15)13(18)11-9-10-3-4-12(11)16-10/h10-12,16H,2-9H2,1H3,(H,19,20). The van der Waals surface area contributed by atoms with Gasteiger partial charge in [0.25, 0.3) is 0 Å². The molecule has 3 atom stereocenters. The molecule has 3 fully saturated rings. The molecule has 1 amide bonds. The van der Waals surface area contributed by atoms with Crippen LogP contribution in [0.2, 0.25) is 0 Å². The van der Waals surface area contributed by atoms with Crippen molar-refractivity contribution in [3.05, 3.63) is 0 Å². The van der Waals surface area contributed by atoms with Gasteiger partial charge >= 0.3 is 5.97 Å². The van der Waals surface area contributed by atoms with Crippen molar-refractivity contribution in [1.29, 1.82) is 0 Å². The normalized spacial score (nSPS) is 35.2. The topological polar surface area (TPSA) is 69.6 Å². The third kappa shape index (κ3) is 2.12. The van der Waals surface area contributed by atoms with Crippen LogP contribution in [0.25, 0.3) is 0 Å². The quantitative estimate of drug-likeness (QED) is 0.816. The van der Waals surface area contributed by atoms with Crippen molar-refractivity contribution in [3.8, 4) is 0 Å². The highest BCUT2D eigenvalue weighted by molar-refractivity contribution is 5.81. The summed E-state index contributed by atoms with van der Waals surface area (Å²) in [5, 5.41) is 12.9. The molecular weight excluding hydrogens is 256 g/mol. The Kier molecular flexibility index (Phi) is 3.48. The maximum absolute atomic E-state index is 12.6. The first-order valence-corrected chi connectivity index (χ1v) is 7.84. The van der Waals surface area contributed by atoms with Gasteiger partial charge in [-0.25, -0.2) is 0 Å². The molecule has 3 unspecified atom stereocenters. The second-order valence-electron chi connectivity index (χ2n) is 6.65. The maximum Gasteiger partial charge on any atom is 0.309 e. The minimum Gasteiger partial charge on any atom is -0.481 e. The van der Waals surface area contributed by atoms with E-state index in [1.165, 1.54) is 6.42 Å². The summed E-state index contributed by atoms with van der Waals surface area (Å²) in [6, 6.07) is 0.900. The molecule has 0 aromatic carbocycles. The molecule has 0 radical (unpaired) electrons. The van der Waals surface area contributed by atoms with Crippen LogP contribution in [0.5, 0.6) is 0 Å². The Balaban J connectivity index is 1.61. The minimum absolute atomic E-state index is 0.132. The Bertz CT molecular complexity index is 415. The highest BCUT2D eigenvalue weighted by Crippen LogP contribution is 2.38. The van der Waals surface area contributed by atoms with Crippen LogP contribution in [0.3, 0.4) is 0 Å². The zero-order valence-corrected chi connectivity index (χ0v) is 12.1. The van der Waals surface area contributed by atoms with E-state index in [2.05, 4.69) is 5.32 Å². The zero-order valence-electron chi connectivity index (χ0n) is 12.1. The van der Waals surface area contributed by atoms with Crippen LogP contribution in [0.4, 0.5) is 0 Å². The van der Waals surface area contributed by atoms with Gasteiger partial charge in [-0.05, 0) is 38.5 Å². The summed E-state index contributed by atoms with van der Waals surface area (Å²) in [6.07, 6.45) is 5.13. The fourth-order valence-corrected chi connectivity index (χ4v) is 4.21. The number of fused-ring (bicyclic) bond motifs is 2. The molecule has 3 saturated heterocycles. The Morgan fingerprint density at radius 1 is 1.30 bits per heavy atom. The minimum atomic E-state index is -0.700. The Hall–Kier alpha value is -1.10. The molecule has 0 aromatic rings. The zero-order chi connectivity index (χ0) is 14.3. The lowest BCUT2D eigenvalue weighted by Crippen LogP contribution is -2.49. The van der Waals surface area contributed by atoms with Crippen LogP contribution in [0.1, 0.15) is 45.4 Å². The molecule has 5 nitrogen and oxygen atoms in total. The van der Waals surface area contributed by atoms with Gasteiger partial charge in [-0.15, -0.1) is 0 Å². The number of hydrogen-bond donors (Lipinski definition) is 2. The summed E-state index contributed by atoms with van der Waals surface area (Å²) in [6.45, 7) is 3.14. The molecule has 3 heterocycles. The van der Waals surface area contributed by atoms with Crippen molar-refractivity contribution in [1.82, 2.24) is 10.2 Å². The molecule has 2 bridgehead atoms. The van der Waals surface area contributed by atoms with E-state index in [-0.39, 0.29) is 11.8 Å². The van der Waals surface area contributed by atoms with Crippen LogP contribution in [0.15, 0.2) is 0 Å². The number of carboxylic acids is 1. The van der Waals surface area contributed by atoms with Crippen molar-refractivity contribution in [3.63, 3.8) is 0 Å². The number of carbonyl (C=O) groups is 2. The molecule has 3 aliphatic heterocycles. The number of amides is 1. The first kappa shape index (κ1) is 13.9. The van der Waals surface area contributed by atoms with Gasteiger partial charge in [-0.2, -0.15) is 0 Å². The smallest absolute Gasteiger partial charge is 0.309 e. The van der Waals surface area contributed by atoms with Crippen LogP contribution >= 0.6 is 0 Å². The first-order valence-electron chi connectivity index (χ1n) is 7.84. The van der Waals surface area contributed by atoms with Crippen molar-refractivity contribution >= 4 is 11.9 Å². The van der Waals surface area contributed by atoms with Gasteiger partial charge in [0.05, 0.1) is 11.3 Å². The molecule has 0 saturated carbocycles. The van der Waals surface area contributed by atoms with Crippen LogP contribution in [0, 0.1) is 11.3 Å². The van der Waals surface area contributed by atoms with Gasteiger partial charge in [-0.3, -0.25) is 9.59 Å². The summed E-state index contributed by atoms with van der Waals surface area (Å²) in [5.74, 6) is -0.318. The second-order valence-corrected chi connectivity index (χ2v) is 6.65. The van der Waals surface area contributed by atoms with Crippen molar-refractivity contribution < 1.29 is 14.7 Å². The van der Waals surface area contributed by atoms with Crippen LogP contribution in [-0.2, 0) is 9.59 Å². The summed E-state index contributed by atoms with van der Waals surface area (Å²) in [5.41, 5.74) is -0.607. The van der Waals surface area contributed by atoms with Crippen LogP contribution in [-0.4, -0.2) is 47.1 Å². The van der Waals surface area contributed by atoms with Gasteiger partial charge < -0.3 is 15.3 Å². The molecule has 3 aliphatic rings. The molecule has 0 spiro atoms. The van der Waals surface area contributed by atoms with E-state index in [4.69, 9.17) is 0 Å². The van der Waals surface area contributed by atoms with Crippen molar-refractivity contribution in [2.75, 3.05) is 13.1 Å². The lowest BCUT2D eigenvalue weighted by atomic mass is 9.76. The third-order valence-electron chi connectivity index (χ3n) is 5.78. The molecule has 20 heavy (non-hydrogen) atoms. The lowest BCUT2D eigenvalue weighted by molar-refractivity contribution is -0.155.